The van der Waals surface area contributed by atoms with Crippen molar-refractivity contribution in [1.82, 2.24) is 9.80 Å². The van der Waals surface area contributed by atoms with E-state index in [9.17, 15) is 9.90 Å². The zero-order chi connectivity index (χ0) is 14.2. The maximum atomic E-state index is 12.2. The van der Waals surface area contributed by atoms with E-state index < -0.39 is 0 Å². The number of benzene rings is 1. The lowest BCUT2D eigenvalue weighted by Crippen LogP contribution is -2.30. The molecule has 0 aliphatic carbocycles. The molecular formula is C13H13IN2O2S. The molecule has 0 bridgehead atoms. The first-order valence-corrected chi connectivity index (χ1v) is 7.24. The van der Waals surface area contributed by atoms with Crippen molar-refractivity contribution < 1.29 is 9.90 Å². The number of carbonyl (C=O) groups excluding carboxylic acids is 1. The van der Waals surface area contributed by atoms with Crippen molar-refractivity contribution in [2.45, 2.75) is 6.92 Å². The zero-order valence-corrected chi connectivity index (χ0v) is 13.5. The van der Waals surface area contributed by atoms with Gasteiger partial charge in [-0.3, -0.25) is 9.69 Å². The topological polar surface area (TPSA) is 43.8 Å². The van der Waals surface area contributed by atoms with Gasteiger partial charge in [-0.25, -0.2) is 0 Å². The molecule has 100 valence electrons. The van der Waals surface area contributed by atoms with Crippen LogP contribution in [0.1, 0.15) is 12.5 Å². The number of carbonyl (C=O) groups is 1. The van der Waals surface area contributed by atoms with Gasteiger partial charge in [0.25, 0.3) is 5.91 Å². The van der Waals surface area contributed by atoms with Crippen LogP contribution in [-0.2, 0) is 4.79 Å². The van der Waals surface area contributed by atoms with Crippen LogP contribution in [0.3, 0.4) is 0 Å². The summed E-state index contributed by atoms with van der Waals surface area (Å²) in [5.41, 5.74) is 1.41. The number of likely N-dealkylation sites (N-methyl/N-ethyl adjacent to an activating group) is 2. The van der Waals surface area contributed by atoms with Gasteiger partial charge in [-0.15, -0.1) is 0 Å². The van der Waals surface area contributed by atoms with Gasteiger partial charge in [0.2, 0.25) is 0 Å². The van der Waals surface area contributed by atoms with Gasteiger partial charge in [0.15, 0.2) is 5.11 Å². The monoisotopic (exact) mass is 388 g/mol. The lowest BCUT2D eigenvalue weighted by molar-refractivity contribution is -0.122. The molecule has 19 heavy (non-hydrogen) atoms. The Morgan fingerprint density at radius 2 is 2.16 bits per heavy atom. The number of halogens is 1. The fourth-order valence-electron chi connectivity index (χ4n) is 1.86. The number of thiocarbonyl (C=S) groups is 1. The van der Waals surface area contributed by atoms with Crippen LogP contribution in [0.15, 0.2) is 23.9 Å². The second-order valence-corrected chi connectivity index (χ2v) is 5.66. The Bertz CT molecular complexity index is 586. The van der Waals surface area contributed by atoms with Crippen LogP contribution in [0.5, 0.6) is 5.75 Å². The summed E-state index contributed by atoms with van der Waals surface area (Å²) in [5, 5.41) is 10.0. The quantitative estimate of drug-likeness (QED) is 0.480. The Morgan fingerprint density at radius 1 is 1.47 bits per heavy atom. The van der Waals surface area contributed by atoms with Crippen molar-refractivity contribution in [2.75, 3.05) is 13.6 Å². The summed E-state index contributed by atoms with van der Waals surface area (Å²) in [6.07, 6.45) is 1.78. The molecule has 1 aromatic carbocycles. The third-order valence-electron chi connectivity index (χ3n) is 2.93. The highest BCUT2D eigenvalue weighted by Crippen LogP contribution is 2.25. The average Bonchev–Trinajstić information content (AvgIpc) is 2.58. The van der Waals surface area contributed by atoms with Gasteiger partial charge in [-0.05, 0) is 65.5 Å². The number of phenols is 1. The van der Waals surface area contributed by atoms with E-state index in [4.69, 9.17) is 12.2 Å². The Kier molecular flexibility index (Phi) is 4.10. The largest absolute Gasteiger partial charge is 0.507 e. The molecule has 1 saturated heterocycles. The predicted molar refractivity (Wildman–Crippen MR) is 86.5 cm³/mol. The van der Waals surface area contributed by atoms with Crippen LogP contribution in [0, 0.1) is 3.57 Å². The van der Waals surface area contributed by atoms with E-state index >= 15 is 0 Å². The number of nitrogens with zero attached hydrogens (tertiary/aromatic N) is 2. The van der Waals surface area contributed by atoms with Crippen molar-refractivity contribution in [2.24, 2.45) is 0 Å². The average molecular weight is 388 g/mol. The third-order valence-corrected chi connectivity index (χ3v) is 4.29. The highest BCUT2D eigenvalue weighted by molar-refractivity contribution is 14.1. The van der Waals surface area contributed by atoms with Gasteiger partial charge in [-0.2, -0.15) is 0 Å². The Labute approximate surface area is 130 Å². The SMILES string of the molecule is CCN1C(=O)C(=Cc2ccc(O)c(I)c2)N(C)C1=S. The highest BCUT2D eigenvalue weighted by atomic mass is 127. The van der Waals surface area contributed by atoms with Crippen LogP contribution >= 0.6 is 34.8 Å². The first-order valence-electron chi connectivity index (χ1n) is 5.75. The maximum absolute atomic E-state index is 12.2. The van der Waals surface area contributed by atoms with E-state index in [-0.39, 0.29) is 11.7 Å². The minimum absolute atomic E-state index is 0.0851. The van der Waals surface area contributed by atoms with Crippen LogP contribution in [0.25, 0.3) is 6.08 Å². The minimum atomic E-state index is -0.0851. The normalized spacial score (nSPS) is 17.7. The van der Waals surface area contributed by atoms with E-state index in [1.165, 1.54) is 0 Å². The van der Waals surface area contributed by atoms with Crippen molar-refractivity contribution in [3.05, 3.63) is 33.0 Å². The number of aromatic hydroxyl groups is 1. The summed E-state index contributed by atoms with van der Waals surface area (Å²) in [6.45, 7) is 2.46. The molecule has 0 atom stereocenters. The Morgan fingerprint density at radius 3 is 2.68 bits per heavy atom. The minimum Gasteiger partial charge on any atom is -0.507 e. The first-order chi connectivity index (χ1) is 8.95. The molecule has 1 aliphatic heterocycles. The molecule has 2 rings (SSSR count). The van der Waals surface area contributed by atoms with Crippen molar-refractivity contribution in [3.8, 4) is 5.75 Å². The second-order valence-electron chi connectivity index (χ2n) is 4.13. The maximum Gasteiger partial charge on any atom is 0.276 e. The molecule has 6 heteroatoms. The van der Waals surface area contributed by atoms with Gasteiger partial charge in [0, 0.05) is 13.6 Å². The molecular weight excluding hydrogens is 375 g/mol. The smallest absolute Gasteiger partial charge is 0.276 e. The van der Waals surface area contributed by atoms with E-state index in [1.54, 1.807) is 35.1 Å². The lowest BCUT2D eigenvalue weighted by atomic mass is 10.2. The van der Waals surface area contributed by atoms with Crippen molar-refractivity contribution in [3.63, 3.8) is 0 Å². The fraction of sp³-hybridized carbons (Fsp3) is 0.231. The first kappa shape index (κ1) is 14.3. The summed E-state index contributed by atoms with van der Waals surface area (Å²) >= 11 is 7.28. The van der Waals surface area contributed by atoms with Crippen LogP contribution in [0.2, 0.25) is 0 Å². The van der Waals surface area contributed by atoms with Crippen molar-refractivity contribution in [1.29, 1.82) is 0 Å². The zero-order valence-electron chi connectivity index (χ0n) is 10.6. The van der Waals surface area contributed by atoms with E-state index in [0.717, 1.165) is 9.13 Å². The molecule has 0 aromatic heterocycles. The van der Waals surface area contributed by atoms with E-state index in [2.05, 4.69) is 0 Å². The van der Waals surface area contributed by atoms with Gasteiger partial charge in [0.05, 0.1) is 3.57 Å². The van der Waals surface area contributed by atoms with Crippen LogP contribution in [0.4, 0.5) is 0 Å². The molecule has 1 fully saturated rings. The Hall–Kier alpha value is -1.15. The molecule has 1 aromatic rings. The summed E-state index contributed by atoms with van der Waals surface area (Å²) in [6, 6.07) is 5.20. The van der Waals surface area contributed by atoms with Crippen LogP contribution < -0.4 is 0 Å². The number of amides is 1. The summed E-state index contributed by atoms with van der Waals surface area (Å²) < 4.78 is 0.745. The highest BCUT2D eigenvalue weighted by Gasteiger charge is 2.34. The third kappa shape index (κ3) is 2.59. The predicted octanol–water partition coefficient (Wildman–Crippen LogP) is 2.42. The summed E-state index contributed by atoms with van der Waals surface area (Å²) in [5.74, 6) is 0.151. The number of rotatable bonds is 2. The van der Waals surface area contributed by atoms with Crippen molar-refractivity contribution >= 4 is 51.9 Å². The standard InChI is InChI=1S/C13H13IN2O2S/c1-3-16-12(18)10(15(2)13(16)19)7-8-4-5-11(17)9(14)6-8/h4-7,17H,3H2,1-2H3. The van der Waals surface area contributed by atoms with Gasteiger partial charge >= 0.3 is 0 Å². The number of hydrogen-bond donors (Lipinski definition) is 1. The van der Waals surface area contributed by atoms with Crippen LogP contribution in [-0.4, -0.2) is 39.5 Å². The molecule has 4 nitrogen and oxygen atoms in total. The molecule has 0 spiro atoms. The molecule has 0 unspecified atom stereocenters. The lowest BCUT2D eigenvalue weighted by Gasteiger charge is -2.13. The van der Waals surface area contributed by atoms with E-state index in [0.29, 0.717) is 17.4 Å². The van der Waals surface area contributed by atoms with Gasteiger partial charge in [0.1, 0.15) is 11.4 Å². The van der Waals surface area contributed by atoms with Gasteiger partial charge < -0.3 is 10.0 Å². The summed E-state index contributed by atoms with van der Waals surface area (Å²) in [7, 11) is 1.78. The summed E-state index contributed by atoms with van der Waals surface area (Å²) in [4.78, 5) is 15.5. The molecule has 1 aliphatic rings. The fourth-order valence-corrected chi connectivity index (χ4v) is 2.71. The number of phenolic OH excluding ortho intramolecular Hbond substituents is 1. The molecule has 0 radical (unpaired) electrons. The molecule has 1 heterocycles. The van der Waals surface area contributed by atoms with Gasteiger partial charge in [-0.1, -0.05) is 6.07 Å². The molecule has 1 amide bonds. The number of hydrogen-bond acceptors (Lipinski definition) is 3. The van der Waals surface area contributed by atoms with E-state index in [1.807, 2.05) is 35.6 Å². The Balaban J connectivity index is 2.40. The molecule has 1 N–H and O–H groups in total. The second kappa shape index (κ2) is 5.46. The molecule has 0 saturated carbocycles.